The summed E-state index contributed by atoms with van der Waals surface area (Å²) in [6, 6.07) is 9.38. The molecule has 0 aliphatic heterocycles. The van der Waals surface area contributed by atoms with E-state index in [2.05, 4.69) is 10.6 Å². The number of anilines is 1. The number of thiophene rings is 1. The van der Waals surface area contributed by atoms with Crippen molar-refractivity contribution in [3.8, 4) is 0 Å². The molecule has 2 aromatic rings. The summed E-state index contributed by atoms with van der Waals surface area (Å²) in [5, 5.41) is 7.57. The Labute approximate surface area is 155 Å². The number of carbonyl (C=O) groups is 2. The minimum absolute atomic E-state index is 0.00568. The molecule has 26 heavy (non-hydrogen) atoms. The smallest absolute Gasteiger partial charge is 0.411 e. The first-order chi connectivity index (χ1) is 12.6. The van der Waals surface area contributed by atoms with E-state index in [-0.39, 0.29) is 23.9 Å². The van der Waals surface area contributed by atoms with E-state index >= 15 is 0 Å². The third kappa shape index (κ3) is 5.56. The molecule has 1 aromatic carbocycles. The molecule has 0 spiro atoms. The molecular formula is C19H21FN2O3S. The highest BCUT2D eigenvalue weighted by Crippen LogP contribution is 2.22. The van der Waals surface area contributed by atoms with Crippen molar-refractivity contribution < 1.29 is 18.7 Å². The number of carbonyl (C=O) groups excluding carboxylic acids is 2. The zero-order valence-electron chi connectivity index (χ0n) is 14.2. The molecule has 1 aliphatic carbocycles. The van der Waals surface area contributed by atoms with Crippen LogP contribution >= 0.6 is 11.3 Å². The van der Waals surface area contributed by atoms with Crippen LogP contribution in [0.4, 0.5) is 14.9 Å². The van der Waals surface area contributed by atoms with Gasteiger partial charge in [-0.3, -0.25) is 10.1 Å². The zero-order valence-corrected chi connectivity index (χ0v) is 15.1. The number of halogens is 1. The van der Waals surface area contributed by atoms with Gasteiger partial charge in [0.1, 0.15) is 11.9 Å². The molecule has 0 bridgehead atoms. The topological polar surface area (TPSA) is 67.4 Å². The van der Waals surface area contributed by atoms with Crippen molar-refractivity contribution in [1.29, 1.82) is 0 Å². The molecule has 1 aliphatic rings. The van der Waals surface area contributed by atoms with Crippen molar-refractivity contribution >= 4 is 29.0 Å². The maximum atomic E-state index is 12.9. The van der Waals surface area contributed by atoms with Crippen molar-refractivity contribution in [2.75, 3.05) is 5.32 Å². The predicted octanol–water partition coefficient (Wildman–Crippen LogP) is 4.11. The van der Waals surface area contributed by atoms with E-state index in [1.807, 2.05) is 17.5 Å². The van der Waals surface area contributed by atoms with E-state index < -0.39 is 6.09 Å². The van der Waals surface area contributed by atoms with Crippen LogP contribution in [0.25, 0.3) is 0 Å². The minimum atomic E-state index is -0.563. The standard InChI is InChI=1S/C19H21FN2O3S/c20-13-6-8-14(9-7-13)22-19(24)25-16-4-1-3-15(11-16)21-18(23)12-17-5-2-10-26-17/h2,5-10,15-16H,1,3-4,11-12H2,(H,21,23)(H,22,24)/t15-,16+/m0/s1. The lowest BCUT2D eigenvalue weighted by Gasteiger charge is -2.29. The molecular weight excluding hydrogens is 355 g/mol. The van der Waals surface area contributed by atoms with E-state index in [4.69, 9.17) is 4.74 Å². The molecule has 2 atom stereocenters. The lowest BCUT2D eigenvalue weighted by molar-refractivity contribution is -0.121. The number of benzene rings is 1. The number of nitrogens with one attached hydrogen (secondary N) is 2. The van der Waals surface area contributed by atoms with Crippen LogP contribution in [0.5, 0.6) is 0 Å². The Morgan fingerprint density at radius 3 is 2.73 bits per heavy atom. The summed E-state index contributed by atoms with van der Waals surface area (Å²) in [6.07, 6.45) is 2.73. The van der Waals surface area contributed by atoms with E-state index in [1.54, 1.807) is 11.3 Å². The van der Waals surface area contributed by atoms with Gasteiger partial charge in [0, 0.05) is 23.0 Å². The largest absolute Gasteiger partial charge is 0.446 e. The van der Waals surface area contributed by atoms with Crippen molar-refractivity contribution in [2.45, 2.75) is 44.2 Å². The average Bonchev–Trinajstić information content (AvgIpc) is 3.10. The summed E-state index contributed by atoms with van der Waals surface area (Å²) < 4.78 is 18.3. The van der Waals surface area contributed by atoms with Crippen LogP contribution in [-0.2, 0) is 16.0 Å². The summed E-state index contributed by atoms with van der Waals surface area (Å²) in [6.45, 7) is 0. The molecule has 2 N–H and O–H groups in total. The first-order valence-electron chi connectivity index (χ1n) is 8.63. The normalized spacial score (nSPS) is 19.6. The third-order valence-electron chi connectivity index (χ3n) is 4.27. The Hall–Kier alpha value is -2.41. The fourth-order valence-corrected chi connectivity index (χ4v) is 3.77. The number of rotatable bonds is 5. The van der Waals surface area contributed by atoms with Crippen LogP contribution < -0.4 is 10.6 Å². The van der Waals surface area contributed by atoms with Gasteiger partial charge in [0.2, 0.25) is 5.91 Å². The molecule has 0 radical (unpaired) electrons. The van der Waals surface area contributed by atoms with Crippen LogP contribution in [0.3, 0.4) is 0 Å². The van der Waals surface area contributed by atoms with Gasteiger partial charge in [0.05, 0.1) is 6.42 Å². The van der Waals surface area contributed by atoms with Gasteiger partial charge in [0.15, 0.2) is 0 Å². The van der Waals surface area contributed by atoms with Gasteiger partial charge in [-0.25, -0.2) is 9.18 Å². The molecule has 7 heteroatoms. The Kier molecular flexibility index (Phi) is 6.22. The van der Waals surface area contributed by atoms with Crippen LogP contribution in [0, 0.1) is 5.82 Å². The number of hydrogen-bond donors (Lipinski definition) is 2. The van der Waals surface area contributed by atoms with Gasteiger partial charge >= 0.3 is 6.09 Å². The number of ether oxygens (including phenoxy) is 1. The minimum Gasteiger partial charge on any atom is -0.446 e. The number of amides is 2. The molecule has 1 saturated carbocycles. The van der Waals surface area contributed by atoms with Crippen molar-refractivity contribution in [2.24, 2.45) is 0 Å². The Balaban J connectivity index is 1.44. The predicted molar refractivity (Wildman–Crippen MR) is 98.7 cm³/mol. The summed E-state index contributed by atoms with van der Waals surface area (Å²) in [4.78, 5) is 25.1. The average molecular weight is 376 g/mol. The quantitative estimate of drug-likeness (QED) is 0.825. The molecule has 138 valence electrons. The van der Waals surface area contributed by atoms with E-state index in [0.717, 1.165) is 24.1 Å². The van der Waals surface area contributed by atoms with Gasteiger partial charge in [-0.15, -0.1) is 11.3 Å². The highest BCUT2D eigenvalue weighted by atomic mass is 32.1. The lowest BCUT2D eigenvalue weighted by Crippen LogP contribution is -2.41. The van der Waals surface area contributed by atoms with Crippen molar-refractivity contribution in [3.63, 3.8) is 0 Å². The molecule has 1 aromatic heterocycles. The molecule has 3 rings (SSSR count). The highest BCUT2D eigenvalue weighted by Gasteiger charge is 2.26. The van der Waals surface area contributed by atoms with E-state index in [0.29, 0.717) is 18.5 Å². The molecule has 1 heterocycles. The highest BCUT2D eigenvalue weighted by molar-refractivity contribution is 7.10. The van der Waals surface area contributed by atoms with E-state index in [9.17, 15) is 14.0 Å². The van der Waals surface area contributed by atoms with E-state index in [1.165, 1.54) is 24.3 Å². The summed E-state index contributed by atoms with van der Waals surface area (Å²) >= 11 is 1.56. The van der Waals surface area contributed by atoms with Gasteiger partial charge in [-0.2, -0.15) is 0 Å². The Bertz CT molecular complexity index is 734. The molecule has 1 fully saturated rings. The van der Waals surface area contributed by atoms with Crippen LogP contribution in [-0.4, -0.2) is 24.1 Å². The third-order valence-corrected chi connectivity index (χ3v) is 5.15. The van der Waals surface area contributed by atoms with Crippen molar-refractivity contribution in [3.05, 3.63) is 52.5 Å². The van der Waals surface area contributed by atoms with Gasteiger partial charge < -0.3 is 10.1 Å². The number of hydrogen-bond acceptors (Lipinski definition) is 4. The molecule has 5 nitrogen and oxygen atoms in total. The molecule has 2 amide bonds. The maximum absolute atomic E-state index is 12.9. The second-order valence-electron chi connectivity index (χ2n) is 6.35. The zero-order chi connectivity index (χ0) is 18.4. The van der Waals surface area contributed by atoms with Crippen LogP contribution in [0.15, 0.2) is 41.8 Å². The Morgan fingerprint density at radius 1 is 1.19 bits per heavy atom. The van der Waals surface area contributed by atoms with Crippen molar-refractivity contribution in [1.82, 2.24) is 5.32 Å². The fourth-order valence-electron chi connectivity index (χ4n) is 3.07. The van der Waals surface area contributed by atoms with Crippen LogP contribution in [0.2, 0.25) is 0 Å². The summed E-state index contributed by atoms with van der Waals surface area (Å²) in [5.74, 6) is -0.369. The lowest BCUT2D eigenvalue weighted by atomic mass is 9.92. The summed E-state index contributed by atoms with van der Waals surface area (Å²) in [5.41, 5.74) is 0.480. The van der Waals surface area contributed by atoms with Gasteiger partial charge in [0.25, 0.3) is 0 Å². The second kappa shape index (κ2) is 8.80. The monoisotopic (exact) mass is 376 g/mol. The summed E-state index contributed by atoms with van der Waals surface area (Å²) in [7, 11) is 0. The van der Waals surface area contributed by atoms with Crippen LogP contribution in [0.1, 0.15) is 30.6 Å². The molecule has 0 unspecified atom stereocenters. The second-order valence-corrected chi connectivity index (χ2v) is 7.38. The molecule has 0 saturated heterocycles. The Morgan fingerprint density at radius 2 is 2.00 bits per heavy atom. The first-order valence-corrected chi connectivity index (χ1v) is 9.51. The van der Waals surface area contributed by atoms with Gasteiger partial charge in [-0.05, 0) is 55.0 Å². The first kappa shape index (κ1) is 18.4. The van der Waals surface area contributed by atoms with Gasteiger partial charge in [-0.1, -0.05) is 6.07 Å². The SMILES string of the molecule is O=C(Cc1cccs1)N[C@H]1CCC[C@@H](OC(=O)Nc2ccc(F)cc2)C1. The maximum Gasteiger partial charge on any atom is 0.411 e. The fraction of sp³-hybridized carbons (Fsp3) is 0.368.